The van der Waals surface area contributed by atoms with Gasteiger partial charge >= 0.3 is 0 Å². The summed E-state index contributed by atoms with van der Waals surface area (Å²) >= 11 is 1.79. The molecule has 98 valence electrons. The number of hydrogen-bond donors (Lipinski definition) is 1. The molecule has 0 aliphatic heterocycles. The summed E-state index contributed by atoms with van der Waals surface area (Å²) in [5.41, 5.74) is 1.99. The molecule has 1 N–H and O–H groups in total. The van der Waals surface area contributed by atoms with Crippen LogP contribution < -0.4 is 5.32 Å². The zero-order chi connectivity index (χ0) is 13.4. The summed E-state index contributed by atoms with van der Waals surface area (Å²) in [6.45, 7) is 8.39. The first-order valence-corrected chi connectivity index (χ1v) is 7.49. The minimum atomic E-state index is 0.557. The van der Waals surface area contributed by atoms with Crippen LogP contribution in [0.1, 0.15) is 44.7 Å². The highest BCUT2D eigenvalue weighted by Crippen LogP contribution is 2.28. The summed E-state index contributed by atoms with van der Waals surface area (Å²) in [5, 5.41) is 13.1. The van der Waals surface area contributed by atoms with Gasteiger partial charge in [0, 0.05) is 16.7 Å². The fourth-order valence-electron chi connectivity index (χ4n) is 1.59. The molecule has 0 radical (unpaired) electrons. The van der Waals surface area contributed by atoms with Crippen LogP contribution in [-0.2, 0) is 6.54 Å². The molecular formula is C15H22N2S. The van der Waals surface area contributed by atoms with Crippen molar-refractivity contribution in [1.82, 2.24) is 5.32 Å². The highest BCUT2D eigenvalue weighted by Gasteiger charge is 2.07. The Balaban J connectivity index is 2.74. The summed E-state index contributed by atoms with van der Waals surface area (Å²) < 4.78 is 0. The molecule has 0 spiro atoms. The van der Waals surface area contributed by atoms with Crippen LogP contribution in [0.4, 0.5) is 0 Å². The Morgan fingerprint density at radius 2 is 2.17 bits per heavy atom. The van der Waals surface area contributed by atoms with Crippen molar-refractivity contribution in [3.05, 3.63) is 29.3 Å². The Morgan fingerprint density at radius 1 is 1.39 bits per heavy atom. The second-order valence-corrected chi connectivity index (χ2v) is 5.94. The van der Waals surface area contributed by atoms with Crippen LogP contribution in [-0.4, -0.2) is 11.8 Å². The first-order valence-electron chi connectivity index (χ1n) is 6.61. The summed E-state index contributed by atoms with van der Waals surface area (Å²) in [7, 11) is 0. The molecule has 0 aliphatic carbocycles. The molecule has 1 aromatic carbocycles. The lowest BCUT2D eigenvalue weighted by Crippen LogP contribution is -2.13. The quantitative estimate of drug-likeness (QED) is 0.597. The van der Waals surface area contributed by atoms with Crippen LogP contribution >= 0.6 is 11.8 Å². The maximum atomic E-state index is 9.22. The predicted octanol–water partition coefficient (Wildman–Crippen LogP) is 3.95. The number of nitriles is 1. The van der Waals surface area contributed by atoms with E-state index in [-0.39, 0.29) is 0 Å². The SMILES string of the molecule is CCCNCc1ccc(SC(C)CC)c(C#N)c1. The molecule has 2 nitrogen and oxygen atoms in total. The highest BCUT2D eigenvalue weighted by molar-refractivity contribution is 8.00. The Bertz CT molecular complexity index is 409. The van der Waals surface area contributed by atoms with Gasteiger partial charge in [0.25, 0.3) is 0 Å². The van der Waals surface area contributed by atoms with Crippen LogP contribution in [0.2, 0.25) is 0 Å². The molecule has 0 aromatic heterocycles. The molecule has 3 heteroatoms. The smallest absolute Gasteiger partial charge is 0.100 e. The largest absolute Gasteiger partial charge is 0.313 e. The van der Waals surface area contributed by atoms with E-state index < -0.39 is 0 Å². The minimum Gasteiger partial charge on any atom is -0.313 e. The Morgan fingerprint density at radius 3 is 2.78 bits per heavy atom. The maximum absolute atomic E-state index is 9.22. The molecule has 1 unspecified atom stereocenters. The molecule has 1 aromatic rings. The molecule has 0 bridgehead atoms. The molecule has 0 saturated heterocycles. The summed E-state index contributed by atoms with van der Waals surface area (Å²) in [6, 6.07) is 8.52. The molecule has 18 heavy (non-hydrogen) atoms. The second kappa shape index (κ2) is 8.18. The fourth-order valence-corrected chi connectivity index (χ4v) is 2.57. The first kappa shape index (κ1) is 15.1. The van der Waals surface area contributed by atoms with Gasteiger partial charge in [-0.1, -0.05) is 26.8 Å². The topological polar surface area (TPSA) is 35.8 Å². The Kier molecular flexibility index (Phi) is 6.85. The van der Waals surface area contributed by atoms with Gasteiger partial charge in [-0.25, -0.2) is 0 Å². The summed E-state index contributed by atoms with van der Waals surface area (Å²) in [4.78, 5) is 1.10. The lowest BCUT2D eigenvalue weighted by atomic mass is 10.1. The zero-order valence-corrected chi connectivity index (χ0v) is 12.3. The van der Waals surface area contributed by atoms with Gasteiger partial charge < -0.3 is 5.32 Å². The number of benzene rings is 1. The van der Waals surface area contributed by atoms with E-state index in [1.165, 1.54) is 5.56 Å². The van der Waals surface area contributed by atoms with Crippen LogP contribution in [0.15, 0.2) is 23.1 Å². The molecule has 0 amide bonds. The zero-order valence-electron chi connectivity index (χ0n) is 11.5. The highest BCUT2D eigenvalue weighted by atomic mass is 32.2. The van der Waals surface area contributed by atoms with E-state index in [1.54, 1.807) is 11.8 Å². The number of nitrogens with one attached hydrogen (secondary N) is 1. The molecule has 1 atom stereocenters. The van der Waals surface area contributed by atoms with Crippen molar-refractivity contribution in [3.63, 3.8) is 0 Å². The van der Waals surface area contributed by atoms with Crippen molar-refractivity contribution in [2.45, 2.75) is 50.3 Å². The van der Waals surface area contributed by atoms with Crippen LogP contribution in [0.3, 0.4) is 0 Å². The van der Waals surface area contributed by atoms with E-state index >= 15 is 0 Å². The van der Waals surface area contributed by atoms with E-state index in [0.29, 0.717) is 5.25 Å². The van der Waals surface area contributed by atoms with Gasteiger partial charge in [0.05, 0.1) is 5.56 Å². The van der Waals surface area contributed by atoms with Crippen LogP contribution in [0.5, 0.6) is 0 Å². The Hall–Kier alpha value is -0.980. The number of nitrogens with zero attached hydrogens (tertiary/aromatic N) is 1. The predicted molar refractivity (Wildman–Crippen MR) is 78.8 cm³/mol. The minimum absolute atomic E-state index is 0.557. The maximum Gasteiger partial charge on any atom is 0.100 e. The van der Waals surface area contributed by atoms with Gasteiger partial charge in [0.2, 0.25) is 0 Å². The van der Waals surface area contributed by atoms with Gasteiger partial charge in [-0.3, -0.25) is 0 Å². The molecule has 0 aliphatic rings. The van der Waals surface area contributed by atoms with Crippen molar-refractivity contribution in [2.24, 2.45) is 0 Å². The van der Waals surface area contributed by atoms with E-state index in [9.17, 15) is 5.26 Å². The van der Waals surface area contributed by atoms with Crippen molar-refractivity contribution >= 4 is 11.8 Å². The fraction of sp³-hybridized carbons (Fsp3) is 0.533. The van der Waals surface area contributed by atoms with E-state index in [4.69, 9.17) is 0 Å². The van der Waals surface area contributed by atoms with E-state index in [1.807, 2.05) is 6.07 Å². The molecule has 0 saturated carbocycles. The van der Waals surface area contributed by atoms with Crippen molar-refractivity contribution < 1.29 is 0 Å². The third kappa shape index (κ3) is 4.72. The lowest BCUT2D eigenvalue weighted by molar-refractivity contribution is 0.675. The normalized spacial score (nSPS) is 12.1. The number of hydrogen-bond acceptors (Lipinski definition) is 3. The summed E-state index contributed by atoms with van der Waals surface area (Å²) in [5.74, 6) is 0. The molecular weight excluding hydrogens is 240 g/mol. The lowest BCUT2D eigenvalue weighted by Gasteiger charge is -2.11. The third-order valence-corrected chi connectivity index (χ3v) is 4.17. The van der Waals surface area contributed by atoms with Gasteiger partial charge in [-0.2, -0.15) is 5.26 Å². The van der Waals surface area contributed by atoms with Crippen molar-refractivity contribution in [1.29, 1.82) is 5.26 Å². The van der Waals surface area contributed by atoms with Gasteiger partial charge in [-0.05, 0) is 37.1 Å². The van der Waals surface area contributed by atoms with Crippen molar-refractivity contribution in [3.8, 4) is 6.07 Å². The van der Waals surface area contributed by atoms with E-state index in [2.05, 4.69) is 44.3 Å². The number of thioether (sulfide) groups is 1. The third-order valence-electron chi connectivity index (χ3n) is 2.82. The first-order chi connectivity index (χ1) is 8.71. The van der Waals surface area contributed by atoms with E-state index in [0.717, 1.165) is 36.4 Å². The second-order valence-electron chi connectivity index (χ2n) is 4.46. The molecule has 1 rings (SSSR count). The monoisotopic (exact) mass is 262 g/mol. The summed E-state index contributed by atoms with van der Waals surface area (Å²) in [6.07, 6.45) is 2.25. The number of rotatable bonds is 7. The molecule has 0 fully saturated rings. The molecule has 0 heterocycles. The van der Waals surface area contributed by atoms with Crippen LogP contribution in [0.25, 0.3) is 0 Å². The average Bonchev–Trinajstić information content (AvgIpc) is 2.40. The van der Waals surface area contributed by atoms with Gasteiger partial charge in [0.1, 0.15) is 6.07 Å². The average molecular weight is 262 g/mol. The Labute approximate surface area is 115 Å². The van der Waals surface area contributed by atoms with Gasteiger partial charge in [-0.15, -0.1) is 11.8 Å². The van der Waals surface area contributed by atoms with Crippen molar-refractivity contribution in [2.75, 3.05) is 6.54 Å². The van der Waals surface area contributed by atoms with Crippen LogP contribution in [0, 0.1) is 11.3 Å². The van der Waals surface area contributed by atoms with Gasteiger partial charge in [0.15, 0.2) is 0 Å². The standard InChI is InChI=1S/C15H22N2S/c1-4-8-17-11-13-6-7-15(14(9-13)10-16)18-12(3)5-2/h6-7,9,12,17H,4-5,8,11H2,1-3H3.